The van der Waals surface area contributed by atoms with Gasteiger partial charge in [-0.3, -0.25) is 9.59 Å². The second kappa shape index (κ2) is 11.9. The highest BCUT2D eigenvalue weighted by Gasteiger charge is 2.43. The number of aromatic nitrogens is 1. The number of amides is 4. The summed E-state index contributed by atoms with van der Waals surface area (Å²) in [6.45, 7) is 6.05. The Morgan fingerprint density at radius 1 is 1.10 bits per heavy atom. The lowest BCUT2D eigenvalue weighted by molar-refractivity contribution is -0.150. The van der Waals surface area contributed by atoms with E-state index in [0.717, 1.165) is 43.1 Å². The topological polar surface area (TPSA) is 153 Å². The number of nitrogens with two attached hydrogens (primary N) is 1. The van der Waals surface area contributed by atoms with Crippen LogP contribution in [-0.4, -0.2) is 58.1 Å². The van der Waals surface area contributed by atoms with E-state index in [-0.39, 0.29) is 30.2 Å². The molecule has 1 unspecified atom stereocenters. The normalized spacial score (nSPS) is 18.5. The van der Waals surface area contributed by atoms with Crippen molar-refractivity contribution in [1.29, 1.82) is 0 Å². The molecule has 11 heteroatoms. The van der Waals surface area contributed by atoms with E-state index in [9.17, 15) is 19.2 Å². The first-order chi connectivity index (χ1) is 18.5. The molecule has 4 amide bonds. The number of fused-ring (bicyclic) bond motifs is 1. The van der Waals surface area contributed by atoms with Crippen LogP contribution in [0.2, 0.25) is 0 Å². The molecule has 0 bridgehead atoms. The van der Waals surface area contributed by atoms with Crippen molar-refractivity contribution in [3.63, 3.8) is 0 Å². The number of hydrogen-bond acceptors (Lipinski definition) is 7. The summed E-state index contributed by atoms with van der Waals surface area (Å²) in [5.74, 6) is -0.355. The van der Waals surface area contributed by atoms with Crippen molar-refractivity contribution in [2.24, 2.45) is 11.7 Å². The number of benzene rings is 1. The second-order valence-corrected chi connectivity index (χ2v) is 11.2. The average Bonchev–Trinajstić information content (AvgIpc) is 2.84. The minimum absolute atomic E-state index is 0.0126. The number of ether oxygens (including phenoxy) is 2. The predicted molar refractivity (Wildman–Crippen MR) is 144 cm³/mol. The maximum atomic E-state index is 13.6. The van der Waals surface area contributed by atoms with Gasteiger partial charge in [0, 0.05) is 24.7 Å². The number of rotatable bonds is 7. The van der Waals surface area contributed by atoms with Crippen molar-refractivity contribution in [2.45, 2.75) is 83.5 Å². The molecule has 2 heterocycles. The first kappa shape index (κ1) is 28.1. The minimum atomic E-state index is -0.946. The van der Waals surface area contributed by atoms with Crippen LogP contribution >= 0.6 is 0 Å². The molecule has 210 valence electrons. The summed E-state index contributed by atoms with van der Waals surface area (Å²) >= 11 is 0. The SMILES string of the molecule is CC(C)(C)OC(=O)NC(C(=O)N1CC[C@H]1C(=O)NCc1ccc2c(OC(N)=O)nccc2c1)C1CCCCC1. The number of primary amides is 1. The van der Waals surface area contributed by atoms with Gasteiger partial charge in [0.2, 0.25) is 17.7 Å². The van der Waals surface area contributed by atoms with Gasteiger partial charge >= 0.3 is 12.2 Å². The van der Waals surface area contributed by atoms with E-state index in [0.29, 0.717) is 18.4 Å². The standard InChI is InChI=1S/C28H37N5O6/c1-28(2,3)39-27(37)32-22(18-7-5-4-6-8-18)25(35)33-14-12-21(33)23(34)31-16-17-9-10-20-19(15-17)11-13-30-24(20)38-26(29)36/h9-11,13,15,18,21-22H,4-8,12,14,16H2,1-3H3,(H2,29,36)(H,31,34)(H,32,37)/t21-,22?/m0/s1. The summed E-state index contributed by atoms with van der Waals surface area (Å²) in [4.78, 5) is 55.9. The number of alkyl carbamates (subject to hydrolysis) is 1. The van der Waals surface area contributed by atoms with Crippen LogP contribution in [0.4, 0.5) is 9.59 Å². The van der Waals surface area contributed by atoms with Gasteiger partial charge in [0.15, 0.2) is 0 Å². The number of carbonyl (C=O) groups is 4. The van der Waals surface area contributed by atoms with Gasteiger partial charge in [-0.15, -0.1) is 0 Å². The quantitative estimate of drug-likeness (QED) is 0.487. The molecule has 11 nitrogen and oxygen atoms in total. The third kappa shape index (κ3) is 7.15. The smallest absolute Gasteiger partial charge is 0.411 e. The molecule has 2 aromatic rings. The lowest BCUT2D eigenvalue weighted by Gasteiger charge is -2.43. The zero-order valence-corrected chi connectivity index (χ0v) is 22.7. The summed E-state index contributed by atoms with van der Waals surface area (Å²) in [6, 6.07) is 5.86. The molecule has 2 fully saturated rings. The number of pyridine rings is 1. The largest absolute Gasteiger partial charge is 0.444 e. The molecule has 4 N–H and O–H groups in total. The monoisotopic (exact) mass is 539 g/mol. The summed E-state index contributed by atoms with van der Waals surface area (Å²) in [6.07, 6.45) is 5.32. The van der Waals surface area contributed by atoms with Gasteiger partial charge in [-0.2, -0.15) is 0 Å². The first-order valence-electron chi connectivity index (χ1n) is 13.4. The minimum Gasteiger partial charge on any atom is -0.444 e. The lowest BCUT2D eigenvalue weighted by Crippen LogP contribution is -2.63. The van der Waals surface area contributed by atoms with E-state index >= 15 is 0 Å². The Morgan fingerprint density at radius 3 is 2.49 bits per heavy atom. The van der Waals surface area contributed by atoms with E-state index in [1.165, 1.54) is 6.20 Å². The van der Waals surface area contributed by atoms with Crippen molar-refractivity contribution < 1.29 is 28.7 Å². The Hall–Kier alpha value is -3.89. The molecule has 0 radical (unpaired) electrons. The summed E-state index contributed by atoms with van der Waals surface area (Å²) < 4.78 is 10.4. The fourth-order valence-electron chi connectivity index (χ4n) is 5.18. The van der Waals surface area contributed by atoms with Gasteiger partial charge in [0.25, 0.3) is 0 Å². The Balaban J connectivity index is 1.40. The molecule has 1 aliphatic heterocycles. The highest BCUT2D eigenvalue weighted by Crippen LogP contribution is 2.30. The van der Waals surface area contributed by atoms with Crippen LogP contribution in [0.15, 0.2) is 30.5 Å². The van der Waals surface area contributed by atoms with Gasteiger partial charge < -0.3 is 30.7 Å². The molecule has 1 aliphatic carbocycles. The molecule has 1 aromatic heterocycles. The molecule has 2 atom stereocenters. The van der Waals surface area contributed by atoms with E-state index in [1.807, 2.05) is 6.07 Å². The fraction of sp³-hybridized carbons (Fsp3) is 0.536. The van der Waals surface area contributed by atoms with Crippen molar-refractivity contribution in [1.82, 2.24) is 20.5 Å². The molecule has 1 saturated heterocycles. The molecular formula is C28H37N5O6. The summed E-state index contributed by atoms with van der Waals surface area (Å²) in [5, 5.41) is 7.13. The van der Waals surface area contributed by atoms with Crippen molar-refractivity contribution in [2.75, 3.05) is 6.54 Å². The van der Waals surface area contributed by atoms with Crippen LogP contribution in [-0.2, 0) is 20.9 Å². The van der Waals surface area contributed by atoms with E-state index < -0.39 is 29.9 Å². The van der Waals surface area contributed by atoms with Crippen molar-refractivity contribution in [3.8, 4) is 5.88 Å². The Labute approximate surface area is 227 Å². The van der Waals surface area contributed by atoms with Crippen LogP contribution < -0.4 is 21.1 Å². The average molecular weight is 540 g/mol. The number of likely N-dealkylation sites (tertiary alicyclic amines) is 1. The zero-order chi connectivity index (χ0) is 28.2. The Bertz CT molecular complexity index is 1240. The highest BCUT2D eigenvalue weighted by atomic mass is 16.6. The van der Waals surface area contributed by atoms with Crippen LogP contribution in [0, 0.1) is 5.92 Å². The fourth-order valence-corrected chi connectivity index (χ4v) is 5.18. The Morgan fingerprint density at radius 2 is 1.85 bits per heavy atom. The number of nitrogens with one attached hydrogen (secondary N) is 2. The summed E-state index contributed by atoms with van der Waals surface area (Å²) in [7, 11) is 0. The third-order valence-corrected chi connectivity index (χ3v) is 7.12. The maximum absolute atomic E-state index is 13.6. The molecule has 1 aromatic carbocycles. The molecule has 2 aliphatic rings. The van der Waals surface area contributed by atoms with Crippen molar-refractivity contribution >= 4 is 34.8 Å². The van der Waals surface area contributed by atoms with E-state index in [4.69, 9.17) is 15.2 Å². The van der Waals surface area contributed by atoms with Crippen LogP contribution in [0.25, 0.3) is 10.8 Å². The molecule has 0 spiro atoms. The molecular weight excluding hydrogens is 502 g/mol. The van der Waals surface area contributed by atoms with Crippen LogP contribution in [0.3, 0.4) is 0 Å². The number of carbonyl (C=O) groups excluding carboxylic acids is 4. The predicted octanol–water partition coefficient (Wildman–Crippen LogP) is 3.38. The van der Waals surface area contributed by atoms with E-state index in [1.54, 1.807) is 43.9 Å². The summed E-state index contributed by atoms with van der Waals surface area (Å²) in [5.41, 5.74) is 5.26. The number of nitrogens with zero attached hydrogens (tertiary/aromatic N) is 2. The van der Waals surface area contributed by atoms with Crippen LogP contribution in [0.1, 0.15) is 64.9 Å². The molecule has 39 heavy (non-hydrogen) atoms. The van der Waals surface area contributed by atoms with Gasteiger partial charge in [-0.1, -0.05) is 25.3 Å². The third-order valence-electron chi connectivity index (χ3n) is 7.12. The van der Waals surface area contributed by atoms with Gasteiger partial charge in [0.1, 0.15) is 17.7 Å². The van der Waals surface area contributed by atoms with E-state index in [2.05, 4.69) is 15.6 Å². The van der Waals surface area contributed by atoms with Crippen LogP contribution in [0.5, 0.6) is 5.88 Å². The highest BCUT2D eigenvalue weighted by molar-refractivity contribution is 5.93. The molecule has 4 rings (SSSR count). The first-order valence-corrected chi connectivity index (χ1v) is 13.4. The van der Waals surface area contributed by atoms with Gasteiger partial charge in [0.05, 0.1) is 0 Å². The van der Waals surface area contributed by atoms with Gasteiger partial charge in [-0.25, -0.2) is 14.6 Å². The zero-order valence-electron chi connectivity index (χ0n) is 22.7. The Kier molecular flexibility index (Phi) is 8.57. The second-order valence-electron chi connectivity index (χ2n) is 11.2. The molecule has 1 saturated carbocycles. The maximum Gasteiger partial charge on any atom is 0.411 e. The lowest BCUT2D eigenvalue weighted by atomic mass is 9.82. The van der Waals surface area contributed by atoms with Gasteiger partial charge in [-0.05, 0) is 75.1 Å². The van der Waals surface area contributed by atoms with Crippen molar-refractivity contribution in [3.05, 3.63) is 36.0 Å². The number of hydrogen-bond donors (Lipinski definition) is 3.